The van der Waals surface area contributed by atoms with Crippen LogP contribution in [0, 0.1) is 11.3 Å². The molecule has 1 saturated heterocycles. The van der Waals surface area contributed by atoms with Crippen molar-refractivity contribution in [3.8, 4) is 0 Å². The number of carbonyl (C=O) groups is 2. The van der Waals surface area contributed by atoms with E-state index in [9.17, 15) is 14.7 Å². The lowest BCUT2D eigenvalue weighted by molar-refractivity contribution is -0.149. The van der Waals surface area contributed by atoms with Gasteiger partial charge in [-0.1, -0.05) is 30.7 Å². The van der Waals surface area contributed by atoms with Gasteiger partial charge in [-0.15, -0.1) is 0 Å². The fourth-order valence-electron chi connectivity index (χ4n) is 5.15. The molecule has 0 radical (unpaired) electrons. The molecule has 1 aromatic carbocycles. The monoisotopic (exact) mass is 371 g/mol. The Morgan fingerprint density at radius 2 is 2.07 bits per heavy atom. The average Bonchev–Trinajstić information content (AvgIpc) is 3.23. The van der Waals surface area contributed by atoms with E-state index in [-0.39, 0.29) is 11.9 Å². The minimum atomic E-state index is -0.731. The van der Waals surface area contributed by atoms with Gasteiger partial charge in [0.05, 0.1) is 5.41 Å². The molecule has 4 rings (SSSR count). The third kappa shape index (κ3) is 3.55. The first kappa shape index (κ1) is 18.3. The number of carbonyl (C=O) groups excluding carboxylic acids is 1. The smallest absolute Gasteiger partial charge is 0.317 e. The number of carboxylic acids is 1. The highest BCUT2D eigenvalue weighted by molar-refractivity contribution is 5.80. The zero-order valence-electron chi connectivity index (χ0n) is 15.8. The molecule has 1 aromatic rings. The number of benzene rings is 1. The summed E-state index contributed by atoms with van der Waals surface area (Å²) in [6, 6.07) is 8.51. The molecule has 2 aliphatic heterocycles. The first-order valence-electron chi connectivity index (χ1n) is 10.1. The van der Waals surface area contributed by atoms with Crippen LogP contribution in [0.25, 0.3) is 0 Å². The Balaban J connectivity index is 1.20. The molecular weight excluding hydrogens is 342 g/mol. The second-order valence-corrected chi connectivity index (χ2v) is 8.31. The van der Waals surface area contributed by atoms with Crippen molar-refractivity contribution in [3.05, 3.63) is 35.4 Å². The fourth-order valence-corrected chi connectivity index (χ4v) is 5.15. The maximum Gasteiger partial charge on any atom is 0.317 e. The molecule has 2 N–H and O–H groups in total. The minimum absolute atomic E-state index is 0.103. The molecule has 0 unspecified atom stereocenters. The molecular formula is C21H29N3O3. The van der Waals surface area contributed by atoms with E-state index < -0.39 is 11.4 Å². The maximum atomic E-state index is 12.5. The molecule has 2 heterocycles. The Morgan fingerprint density at radius 1 is 1.26 bits per heavy atom. The molecule has 2 atom stereocenters. The summed E-state index contributed by atoms with van der Waals surface area (Å²) in [6.45, 7) is 4.61. The number of carboxylic acid groups (broad SMARTS) is 1. The van der Waals surface area contributed by atoms with E-state index in [0.29, 0.717) is 26.1 Å². The van der Waals surface area contributed by atoms with Gasteiger partial charge in [-0.25, -0.2) is 4.79 Å². The van der Waals surface area contributed by atoms with Crippen molar-refractivity contribution in [2.75, 3.05) is 32.7 Å². The summed E-state index contributed by atoms with van der Waals surface area (Å²) < 4.78 is 0. The van der Waals surface area contributed by atoms with Gasteiger partial charge in [0.2, 0.25) is 0 Å². The van der Waals surface area contributed by atoms with Crippen LogP contribution in [-0.2, 0) is 17.8 Å². The van der Waals surface area contributed by atoms with Crippen LogP contribution in [0.15, 0.2) is 24.3 Å². The Kier molecular flexibility index (Phi) is 5.08. The molecule has 27 heavy (non-hydrogen) atoms. The zero-order valence-corrected chi connectivity index (χ0v) is 15.8. The van der Waals surface area contributed by atoms with Gasteiger partial charge in [-0.3, -0.25) is 9.69 Å². The number of hydrogen-bond donors (Lipinski definition) is 2. The molecule has 2 amide bonds. The zero-order chi connectivity index (χ0) is 18.9. The molecule has 146 valence electrons. The molecule has 6 nitrogen and oxygen atoms in total. The van der Waals surface area contributed by atoms with Gasteiger partial charge in [0, 0.05) is 39.3 Å². The Morgan fingerprint density at radius 3 is 2.85 bits per heavy atom. The standard InChI is InChI=1S/C21H29N3O3/c25-19(26)21-9-3-7-18(21)14-24(15-21)20(27)22-10-4-11-23-12-8-16-5-1-2-6-17(16)13-23/h1-2,5-6,18H,3-4,7-15H2,(H,22,27)(H,25,26)/t18-,21+/m0/s1. The number of nitrogens with one attached hydrogen (secondary N) is 1. The van der Waals surface area contributed by atoms with Crippen molar-refractivity contribution in [3.63, 3.8) is 0 Å². The summed E-state index contributed by atoms with van der Waals surface area (Å²) in [5.41, 5.74) is 2.17. The van der Waals surface area contributed by atoms with E-state index in [1.165, 1.54) is 11.1 Å². The van der Waals surface area contributed by atoms with Crippen molar-refractivity contribution >= 4 is 12.0 Å². The van der Waals surface area contributed by atoms with Crippen LogP contribution in [0.3, 0.4) is 0 Å². The number of urea groups is 1. The van der Waals surface area contributed by atoms with E-state index >= 15 is 0 Å². The summed E-state index contributed by atoms with van der Waals surface area (Å²) in [7, 11) is 0. The molecule has 0 aromatic heterocycles. The molecule has 0 spiro atoms. The number of hydrogen-bond acceptors (Lipinski definition) is 3. The van der Waals surface area contributed by atoms with Gasteiger partial charge < -0.3 is 15.3 Å². The highest BCUT2D eigenvalue weighted by Gasteiger charge is 2.55. The Hall–Kier alpha value is -2.08. The lowest BCUT2D eigenvalue weighted by Gasteiger charge is -2.28. The summed E-state index contributed by atoms with van der Waals surface area (Å²) in [4.78, 5) is 28.4. The topological polar surface area (TPSA) is 72.9 Å². The van der Waals surface area contributed by atoms with E-state index in [2.05, 4.69) is 34.5 Å². The second kappa shape index (κ2) is 7.50. The van der Waals surface area contributed by atoms with E-state index in [0.717, 1.165) is 45.3 Å². The van der Waals surface area contributed by atoms with Gasteiger partial charge >= 0.3 is 12.0 Å². The van der Waals surface area contributed by atoms with Crippen LogP contribution < -0.4 is 5.32 Å². The molecule has 2 fully saturated rings. The normalized spacial score (nSPS) is 27.3. The van der Waals surface area contributed by atoms with Crippen LogP contribution in [-0.4, -0.2) is 59.6 Å². The second-order valence-electron chi connectivity index (χ2n) is 8.31. The van der Waals surface area contributed by atoms with Crippen LogP contribution in [0.5, 0.6) is 0 Å². The molecule has 0 bridgehead atoms. The molecule has 3 aliphatic rings. The third-order valence-corrected chi connectivity index (χ3v) is 6.72. The van der Waals surface area contributed by atoms with E-state index in [1.54, 1.807) is 4.90 Å². The third-order valence-electron chi connectivity index (χ3n) is 6.72. The van der Waals surface area contributed by atoms with Gasteiger partial charge in [-0.05, 0) is 42.7 Å². The van der Waals surface area contributed by atoms with Crippen molar-refractivity contribution < 1.29 is 14.7 Å². The van der Waals surface area contributed by atoms with Crippen molar-refractivity contribution in [1.82, 2.24) is 15.1 Å². The fraction of sp³-hybridized carbons (Fsp3) is 0.619. The van der Waals surface area contributed by atoms with Crippen LogP contribution in [0.4, 0.5) is 4.79 Å². The Labute approximate surface area is 160 Å². The summed E-state index contributed by atoms with van der Waals surface area (Å²) in [6.07, 6.45) is 4.59. The van der Waals surface area contributed by atoms with Crippen LogP contribution in [0.2, 0.25) is 0 Å². The lowest BCUT2D eigenvalue weighted by atomic mass is 9.81. The molecule has 1 saturated carbocycles. The summed E-state index contributed by atoms with van der Waals surface area (Å²) in [5, 5.41) is 12.6. The van der Waals surface area contributed by atoms with Crippen molar-refractivity contribution in [2.24, 2.45) is 11.3 Å². The van der Waals surface area contributed by atoms with Crippen molar-refractivity contribution in [2.45, 2.75) is 38.6 Å². The number of aliphatic carboxylic acids is 1. The number of fused-ring (bicyclic) bond motifs is 2. The Bertz CT molecular complexity index is 722. The predicted octanol–water partition coefficient (Wildman–Crippen LogP) is 2.33. The first-order chi connectivity index (χ1) is 13.1. The lowest BCUT2D eigenvalue weighted by Crippen LogP contribution is -2.42. The van der Waals surface area contributed by atoms with Crippen molar-refractivity contribution in [1.29, 1.82) is 0 Å². The first-order valence-corrected chi connectivity index (χ1v) is 10.1. The molecule has 1 aliphatic carbocycles. The van der Waals surface area contributed by atoms with Gasteiger partial charge in [0.1, 0.15) is 0 Å². The highest BCUT2D eigenvalue weighted by Crippen LogP contribution is 2.48. The summed E-state index contributed by atoms with van der Waals surface area (Å²) >= 11 is 0. The number of nitrogens with zero attached hydrogens (tertiary/aromatic N) is 2. The maximum absolute atomic E-state index is 12.5. The van der Waals surface area contributed by atoms with Gasteiger partial charge in [0.25, 0.3) is 0 Å². The predicted molar refractivity (Wildman–Crippen MR) is 102 cm³/mol. The van der Waals surface area contributed by atoms with Gasteiger partial charge in [0.15, 0.2) is 0 Å². The van der Waals surface area contributed by atoms with Gasteiger partial charge in [-0.2, -0.15) is 0 Å². The van der Waals surface area contributed by atoms with Crippen LogP contribution >= 0.6 is 0 Å². The number of amides is 2. The molecule has 6 heteroatoms. The number of likely N-dealkylation sites (tertiary alicyclic amines) is 1. The van der Waals surface area contributed by atoms with Crippen LogP contribution in [0.1, 0.15) is 36.8 Å². The minimum Gasteiger partial charge on any atom is -0.481 e. The average molecular weight is 371 g/mol. The number of rotatable bonds is 5. The van der Waals surface area contributed by atoms with E-state index in [4.69, 9.17) is 0 Å². The highest BCUT2D eigenvalue weighted by atomic mass is 16.4. The largest absolute Gasteiger partial charge is 0.481 e. The summed E-state index contributed by atoms with van der Waals surface area (Å²) in [5.74, 6) is -0.611. The quantitative estimate of drug-likeness (QED) is 0.779. The van der Waals surface area contributed by atoms with E-state index in [1.807, 2.05) is 0 Å². The SMILES string of the molecule is O=C(NCCCN1CCc2ccccc2C1)N1C[C@@H]2CCC[C@@]2(C(=O)O)C1.